The molecule has 0 spiro atoms. The zero-order chi connectivity index (χ0) is 19.1. The van der Waals surface area contributed by atoms with E-state index in [0.717, 1.165) is 44.1 Å². The van der Waals surface area contributed by atoms with Crippen molar-refractivity contribution < 1.29 is 14.3 Å². The lowest BCUT2D eigenvalue weighted by Crippen LogP contribution is -2.51. The summed E-state index contributed by atoms with van der Waals surface area (Å²) in [6.07, 6.45) is 3.01. The maximum Gasteiger partial charge on any atom is 0.242 e. The number of nitrogens with one attached hydrogen (secondary N) is 1. The fraction of sp³-hybridized carbons (Fsp3) is 0.667. The Morgan fingerprint density at radius 3 is 2.56 bits per heavy atom. The van der Waals surface area contributed by atoms with Crippen LogP contribution in [0.2, 0.25) is 0 Å². The minimum absolute atomic E-state index is 0.0269. The summed E-state index contributed by atoms with van der Waals surface area (Å²) in [5.41, 5.74) is 1.02. The summed E-state index contributed by atoms with van der Waals surface area (Å²) in [4.78, 5) is 30.0. The number of hydrogen-bond donors (Lipinski definition) is 1. The molecule has 1 aromatic heterocycles. The van der Waals surface area contributed by atoms with E-state index in [1.807, 2.05) is 6.92 Å². The molecule has 0 bridgehead atoms. The van der Waals surface area contributed by atoms with Gasteiger partial charge >= 0.3 is 0 Å². The summed E-state index contributed by atoms with van der Waals surface area (Å²) in [7, 11) is 0. The Kier molecular flexibility index (Phi) is 6.80. The van der Waals surface area contributed by atoms with E-state index in [2.05, 4.69) is 31.4 Å². The Morgan fingerprint density at radius 2 is 1.85 bits per heavy atom. The third-order valence-electron chi connectivity index (χ3n) is 4.87. The van der Waals surface area contributed by atoms with Gasteiger partial charge in [0.15, 0.2) is 5.82 Å². The molecule has 2 aliphatic heterocycles. The van der Waals surface area contributed by atoms with E-state index in [-0.39, 0.29) is 18.4 Å². The van der Waals surface area contributed by atoms with Crippen molar-refractivity contribution >= 4 is 23.3 Å². The molecular weight excluding hydrogens is 348 g/mol. The molecule has 2 saturated heterocycles. The first-order valence-electron chi connectivity index (χ1n) is 9.62. The van der Waals surface area contributed by atoms with Crippen LogP contribution in [0, 0.1) is 0 Å². The SMILES string of the molecule is CCCC(=O)NCC(=O)N1CCN(c2cnnc(N3CCOCC3)c2)CC1. The minimum atomic E-state index is -0.0667. The van der Waals surface area contributed by atoms with Crippen LogP contribution in [0.5, 0.6) is 0 Å². The molecular formula is C18H28N6O3. The Hall–Kier alpha value is -2.42. The molecule has 0 saturated carbocycles. The number of morpholine rings is 1. The standard InChI is InChI=1S/C18H28N6O3/c1-2-3-17(25)19-14-18(26)24-6-4-22(5-7-24)15-12-16(21-20-13-15)23-8-10-27-11-9-23/h12-13H,2-11,14H2,1H3,(H,19,25). The number of anilines is 2. The summed E-state index contributed by atoms with van der Waals surface area (Å²) in [6.45, 7) is 7.84. The van der Waals surface area contributed by atoms with Gasteiger partial charge in [-0.1, -0.05) is 6.92 Å². The number of nitrogens with zero attached hydrogens (tertiary/aromatic N) is 5. The summed E-state index contributed by atoms with van der Waals surface area (Å²) in [6, 6.07) is 2.06. The highest BCUT2D eigenvalue weighted by atomic mass is 16.5. The number of rotatable bonds is 6. The van der Waals surface area contributed by atoms with Gasteiger partial charge in [-0.3, -0.25) is 9.59 Å². The summed E-state index contributed by atoms with van der Waals surface area (Å²) < 4.78 is 5.39. The van der Waals surface area contributed by atoms with Crippen molar-refractivity contribution in [3.8, 4) is 0 Å². The Balaban J connectivity index is 1.50. The summed E-state index contributed by atoms with van der Waals surface area (Å²) in [5.74, 6) is 0.775. The maximum atomic E-state index is 12.3. The van der Waals surface area contributed by atoms with Crippen LogP contribution < -0.4 is 15.1 Å². The normalized spacial score (nSPS) is 17.7. The second-order valence-corrected chi connectivity index (χ2v) is 6.77. The first kappa shape index (κ1) is 19.3. The largest absolute Gasteiger partial charge is 0.378 e. The summed E-state index contributed by atoms with van der Waals surface area (Å²) >= 11 is 0. The van der Waals surface area contributed by atoms with Gasteiger partial charge in [0.05, 0.1) is 31.6 Å². The van der Waals surface area contributed by atoms with Crippen LogP contribution in [0.3, 0.4) is 0 Å². The van der Waals surface area contributed by atoms with Gasteiger partial charge in [-0.25, -0.2) is 0 Å². The van der Waals surface area contributed by atoms with Gasteiger partial charge in [0.25, 0.3) is 0 Å². The fourth-order valence-electron chi connectivity index (χ4n) is 3.28. The molecule has 1 aromatic rings. The molecule has 0 atom stereocenters. The van der Waals surface area contributed by atoms with Crippen molar-refractivity contribution in [1.82, 2.24) is 20.4 Å². The Labute approximate surface area is 159 Å². The minimum Gasteiger partial charge on any atom is -0.378 e. The van der Waals surface area contributed by atoms with Crippen molar-refractivity contribution in [2.75, 3.05) is 68.8 Å². The molecule has 148 valence electrons. The van der Waals surface area contributed by atoms with Gasteiger partial charge in [-0.15, -0.1) is 5.10 Å². The van der Waals surface area contributed by atoms with Gasteiger partial charge in [0.1, 0.15) is 0 Å². The number of carbonyl (C=O) groups is 2. The molecule has 2 fully saturated rings. The van der Waals surface area contributed by atoms with Gasteiger partial charge in [-0.05, 0) is 6.42 Å². The number of aromatic nitrogens is 2. The van der Waals surface area contributed by atoms with Crippen molar-refractivity contribution in [1.29, 1.82) is 0 Å². The van der Waals surface area contributed by atoms with E-state index in [0.29, 0.717) is 32.7 Å². The van der Waals surface area contributed by atoms with Crippen LogP contribution in [0.4, 0.5) is 11.5 Å². The first-order chi connectivity index (χ1) is 13.2. The quantitative estimate of drug-likeness (QED) is 0.740. The third kappa shape index (κ3) is 5.29. The van der Waals surface area contributed by atoms with Crippen molar-refractivity contribution in [2.24, 2.45) is 0 Å². The van der Waals surface area contributed by atoms with Crippen molar-refractivity contribution in [3.05, 3.63) is 12.3 Å². The van der Waals surface area contributed by atoms with Crippen molar-refractivity contribution in [2.45, 2.75) is 19.8 Å². The van der Waals surface area contributed by atoms with Crippen LogP contribution >= 0.6 is 0 Å². The zero-order valence-electron chi connectivity index (χ0n) is 15.9. The smallest absolute Gasteiger partial charge is 0.242 e. The van der Waals surface area contributed by atoms with Gasteiger partial charge in [0, 0.05) is 51.8 Å². The van der Waals surface area contributed by atoms with Crippen LogP contribution in [-0.2, 0) is 14.3 Å². The fourth-order valence-corrected chi connectivity index (χ4v) is 3.28. The number of carbonyl (C=O) groups excluding carboxylic acids is 2. The van der Waals surface area contributed by atoms with Crippen molar-refractivity contribution in [3.63, 3.8) is 0 Å². The second kappa shape index (κ2) is 9.50. The number of piperazine rings is 1. The maximum absolute atomic E-state index is 12.3. The molecule has 1 N–H and O–H groups in total. The Morgan fingerprint density at radius 1 is 1.11 bits per heavy atom. The molecule has 9 heteroatoms. The molecule has 0 aromatic carbocycles. The highest BCUT2D eigenvalue weighted by molar-refractivity contribution is 5.84. The summed E-state index contributed by atoms with van der Waals surface area (Å²) in [5, 5.41) is 11.1. The molecule has 2 aliphatic rings. The molecule has 3 heterocycles. The van der Waals surface area contributed by atoms with E-state index in [4.69, 9.17) is 4.74 Å². The zero-order valence-corrected chi connectivity index (χ0v) is 15.9. The molecule has 3 rings (SSSR count). The molecule has 9 nitrogen and oxygen atoms in total. The molecule has 2 amide bonds. The average Bonchev–Trinajstić information content (AvgIpc) is 2.73. The first-order valence-corrected chi connectivity index (χ1v) is 9.62. The second-order valence-electron chi connectivity index (χ2n) is 6.77. The highest BCUT2D eigenvalue weighted by Gasteiger charge is 2.22. The average molecular weight is 376 g/mol. The number of ether oxygens (including phenoxy) is 1. The predicted molar refractivity (Wildman–Crippen MR) is 102 cm³/mol. The van der Waals surface area contributed by atoms with Crippen LogP contribution in [0.1, 0.15) is 19.8 Å². The predicted octanol–water partition coefficient (Wildman–Crippen LogP) is -0.122. The van der Waals surface area contributed by atoms with E-state index in [1.54, 1.807) is 11.1 Å². The molecule has 27 heavy (non-hydrogen) atoms. The van der Waals surface area contributed by atoms with E-state index in [9.17, 15) is 9.59 Å². The highest BCUT2D eigenvalue weighted by Crippen LogP contribution is 2.21. The third-order valence-corrected chi connectivity index (χ3v) is 4.87. The Bertz CT molecular complexity index is 642. The van der Waals surface area contributed by atoms with Gasteiger partial charge in [-0.2, -0.15) is 5.10 Å². The monoisotopic (exact) mass is 376 g/mol. The number of amides is 2. The lowest BCUT2D eigenvalue weighted by Gasteiger charge is -2.36. The topological polar surface area (TPSA) is 90.9 Å². The van der Waals surface area contributed by atoms with Gasteiger partial charge in [0.2, 0.25) is 11.8 Å². The van der Waals surface area contributed by atoms with Crippen LogP contribution in [0.25, 0.3) is 0 Å². The number of hydrogen-bond acceptors (Lipinski definition) is 7. The molecule has 0 aliphatic carbocycles. The van der Waals surface area contributed by atoms with E-state index >= 15 is 0 Å². The van der Waals surface area contributed by atoms with Gasteiger partial charge < -0.3 is 24.8 Å². The molecule has 0 radical (unpaired) electrons. The lowest BCUT2D eigenvalue weighted by molar-refractivity contribution is -0.133. The van der Waals surface area contributed by atoms with Crippen LogP contribution in [-0.4, -0.2) is 85.9 Å². The van der Waals surface area contributed by atoms with E-state index < -0.39 is 0 Å². The lowest BCUT2D eigenvalue weighted by atomic mass is 10.2. The van der Waals surface area contributed by atoms with E-state index in [1.165, 1.54) is 0 Å². The van der Waals surface area contributed by atoms with Crippen LogP contribution in [0.15, 0.2) is 12.3 Å². The molecule has 0 unspecified atom stereocenters.